The van der Waals surface area contributed by atoms with Gasteiger partial charge in [-0.2, -0.15) is 18.3 Å². The van der Waals surface area contributed by atoms with E-state index in [4.69, 9.17) is 11.6 Å². The van der Waals surface area contributed by atoms with E-state index < -0.39 is 12.0 Å². The van der Waals surface area contributed by atoms with Crippen LogP contribution >= 0.6 is 11.6 Å². The molecule has 5 nitrogen and oxygen atoms in total. The number of nitrogens with one attached hydrogen (secondary N) is 1. The van der Waals surface area contributed by atoms with E-state index in [9.17, 15) is 13.2 Å². The zero-order valence-electron chi connectivity index (χ0n) is 12.2. The Hall–Kier alpha value is -2.61. The minimum atomic E-state index is -4.62. The second kappa shape index (κ2) is 4.94. The lowest BCUT2D eigenvalue weighted by atomic mass is 10.0. The number of fused-ring (bicyclic) bond motifs is 2. The molecule has 24 heavy (non-hydrogen) atoms. The number of alkyl halides is 3. The highest BCUT2D eigenvalue weighted by Gasteiger charge is 2.36. The highest BCUT2D eigenvalue weighted by atomic mass is 35.5. The van der Waals surface area contributed by atoms with Crippen LogP contribution in [-0.4, -0.2) is 24.8 Å². The van der Waals surface area contributed by atoms with Gasteiger partial charge in [0.2, 0.25) is 0 Å². The molecule has 122 valence electrons. The number of aromatic amines is 1. The van der Waals surface area contributed by atoms with Crippen molar-refractivity contribution in [1.82, 2.24) is 24.8 Å². The Balaban J connectivity index is 2.03. The van der Waals surface area contributed by atoms with Crippen LogP contribution in [0.15, 0.2) is 30.6 Å². The molecular formula is C15H9ClF3N5. The molecule has 0 saturated carbocycles. The summed E-state index contributed by atoms with van der Waals surface area (Å²) in [6.45, 7) is 1.88. The first-order valence-corrected chi connectivity index (χ1v) is 7.28. The van der Waals surface area contributed by atoms with Gasteiger partial charge in [-0.05, 0) is 36.2 Å². The number of hydrogen-bond donors (Lipinski definition) is 1. The van der Waals surface area contributed by atoms with Gasteiger partial charge < -0.3 is 0 Å². The quantitative estimate of drug-likeness (QED) is 0.557. The van der Waals surface area contributed by atoms with Crippen LogP contribution in [0.4, 0.5) is 13.2 Å². The van der Waals surface area contributed by atoms with Gasteiger partial charge in [0, 0.05) is 17.1 Å². The maximum absolute atomic E-state index is 12.9. The van der Waals surface area contributed by atoms with Gasteiger partial charge in [0.15, 0.2) is 5.65 Å². The molecular weight excluding hydrogens is 343 g/mol. The molecule has 0 radical (unpaired) electrons. The largest absolute Gasteiger partial charge is 0.453 e. The molecule has 4 aromatic rings. The molecule has 0 saturated heterocycles. The van der Waals surface area contributed by atoms with E-state index in [1.54, 1.807) is 12.3 Å². The van der Waals surface area contributed by atoms with Gasteiger partial charge in [0.1, 0.15) is 0 Å². The standard InChI is InChI=1S/C15H9ClF3N5/c1-7-4-8(5-9-6-20-22-12(7)9)11-10(16)2-3-24-13(11)21-14(23-24)15(17,18)19/h2-6H,1H3,(H,20,22). The zero-order valence-corrected chi connectivity index (χ0v) is 12.9. The highest BCUT2D eigenvalue weighted by molar-refractivity contribution is 6.34. The summed E-state index contributed by atoms with van der Waals surface area (Å²) in [5.74, 6) is -1.20. The third kappa shape index (κ3) is 2.22. The number of hydrogen-bond acceptors (Lipinski definition) is 3. The molecule has 0 aliphatic rings. The Morgan fingerprint density at radius 3 is 2.79 bits per heavy atom. The van der Waals surface area contributed by atoms with Gasteiger partial charge in [-0.15, -0.1) is 5.10 Å². The molecule has 0 unspecified atom stereocenters. The van der Waals surface area contributed by atoms with Gasteiger partial charge in [-0.1, -0.05) is 11.6 Å². The molecule has 0 amide bonds. The molecule has 0 atom stereocenters. The molecule has 0 spiro atoms. The molecule has 0 bridgehead atoms. The molecule has 0 aliphatic carbocycles. The Bertz CT molecular complexity index is 1080. The summed E-state index contributed by atoms with van der Waals surface area (Å²) in [4.78, 5) is 3.64. The molecule has 3 heterocycles. The Morgan fingerprint density at radius 2 is 2.04 bits per heavy atom. The van der Waals surface area contributed by atoms with E-state index in [2.05, 4.69) is 20.3 Å². The van der Waals surface area contributed by atoms with E-state index in [-0.39, 0.29) is 5.65 Å². The Kier molecular flexibility index (Phi) is 3.08. The first kappa shape index (κ1) is 14.9. The van der Waals surface area contributed by atoms with Crippen LogP contribution < -0.4 is 0 Å². The number of rotatable bonds is 1. The third-order valence-corrected chi connectivity index (χ3v) is 4.06. The van der Waals surface area contributed by atoms with E-state index in [0.29, 0.717) is 16.1 Å². The number of benzene rings is 1. The van der Waals surface area contributed by atoms with Crippen molar-refractivity contribution in [3.05, 3.63) is 47.0 Å². The van der Waals surface area contributed by atoms with Crippen molar-refractivity contribution in [2.45, 2.75) is 13.1 Å². The van der Waals surface area contributed by atoms with Crippen LogP contribution in [0.2, 0.25) is 5.02 Å². The third-order valence-electron chi connectivity index (χ3n) is 3.74. The summed E-state index contributed by atoms with van der Waals surface area (Å²) in [6, 6.07) is 5.12. The summed E-state index contributed by atoms with van der Waals surface area (Å²) < 4.78 is 39.8. The molecule has 9 heteroatoms. The van der Waals surface area contributed by atoms with Gasteiger partial charge in [0.25, 0.3) is 5.82 Å². The fraction of sp³-hybridized carbons (Fsp3) is 0.133. The molecule has 0 fully saturated rings. The second-order valence-corrected chi connectivity index (χ2v) is 5.77. The lowest BCUT2D eigenvalue weighted by molar-refractivity contribution is -0.144. The van der Waals surface area contributed by atoms with E-state index in [1.165, 1.54) is 12.3 Å². The first-order valence-electron chi connectivity index (χ1n) is 6.91. The highest BCUT2D eigenvalue weighted by Crippen LogP contribution is 2.35. The van der Waals surface area contributed by atoms with Crippen LogP contribution in [0.5, 0.6) is 0 Å². The van der Waals surface area contributed by atoms with E-state index in [1.807, 2.05) is 13.0 Å². The summed E-state index contributed by atoms with van der Waals surface area (Å²) in [7, 11) is 0. The van der Waals surface area contributed by atoms with Crippen molar-refractivity contribution in [3.8, 4) is 11.1 Å². The summed E-state index contributed by atoms with van der Waals surface area (Å²) >= 11 is 6.25. The van der Waals surface area contributed by atoms with Crippen molar-refractivity contribution in [2.24, 2.45) is 0 Å². The average Bonchev–Trinajstić information content (AvgIpc) is 3.12. The minimum Gasteiger partial charge on any atom is -0.278 e. The molecule has 3 aromatic heterocycles. The topological polar surface area (TPSA) is 58.9 Å². The number of aryl methyl sites for hydroxylation is 1. The SMILES string of the molecule is Cc1cc(-c2c(Cl)ccn3nc(C(F)(F)F)nc23)cc2cn[nH]c12. The van der Waals surface area contributed by atoms with Crippen LogP contribution in [0.25, 0.3) is 27.7 Å². The van der Waals surface area contributed by atoms with Crippen LogP contribution in [0, 0.1) is 6.92 Å². The molecule has 1 aromatic carbocycles. The van der Waals surface area contributed by atoms with Crippen molar-refractivity contribution >= 4 is 28.2 Å². The number of pyridine rings is 1. The monoisotopic (exact) mass is 351 g/mol. The molecule has 0 aliphatic heterocycles. The normalized spacial score (nSPS) is 12.4. The maximum Gasteiger partial charge on any atom is 0.453 e. The van der Waals surface area contributed by atoms with Crippen molar-refractivity contribution in [3.63, 3.8) is 0 Å². The van der Waals surface area contributed by atoms with Gasteiger partial charge in [-0.25, -0.2) is 9.50 Å². The summed E-state index contributed by atoms with van der Waals surface area (Å²) in [5.41, 5.74) is 2.86. The van der Waals surface area contributed by atoms with Gasteiger partial charge in [0.05, 0.1) is 16.7 Å². The summed E-state index contributed by atoms with van der Waals surface area (Å²) in [6.07, 6.45) is -1.63. The van der Waals surface area contributed by atoms with Crippen molar-refractivity contribution < 1.29 is 13.2 Å². The van der Waals surface area contributed by atoms with Crippen molar-refractivity contribution in [1.29, 1.82) is 0 Å². The fourth-order valence-corrected chi connectivity index (χ4v) is 2.94. The van der Waals surface area contributed by atoms with Crippen molar-refractivity contribution in [2.75, 3.05) is 0 Å². The second-order valence-electron chi connectivity index (χ2n) is 5.37. The number of H-pyrrole nitrogens is 1. The first-order chi connectivity index (χ1) is 11.3. The van der Waals surface area contributed by atoms with E-state index in [0.717, 1.165) is 21.0 Å². The molecule has 1 N–H and O–H groups in total. The van der Waals surface area contributed by atoms with Gasteiger partial charge in [-0.3, -0.25) is 5.10 Å². The smallest absolute Gasteiger partial charge is 0.278 e. The van der Waals surface area contributed by atoms with E-state index >= 15 is 0 Å². The van der Waals surface area contributed by atoms with Gasteiger partial charge >= 0.3 is 6.18 Å². The number of aromatic nitrogens is 5. The number of nitrogens with zero attached hydrogens (tertiary/aromatic N) is 4. The minimum absolute atomic E-state index is 0.0528. The van der Waals surface area contributed by atoms with Crippen LogP contribution in [0.3, 0.4) is 0 Å². The predicted octanol–water partition coefficient (Wildman–Crippen LogP) is 4.25. The zero-order chi connectivity index (χ0) is 17.1. The molecule has 4 rings (SSSR count). The van der Waals surface area contributed by atoms with Crippen LogP contribution in [0.1, 0.15) is 11.4 Å². The average molecular weight is 352 g/mol. The summed E-state index contributed by atoms with van der Waals surface area (Å²) in [5, 5.41) is 11.5. The lowest BCUT2D eigenvalue weighted by Gasteiger charge is -2.08. The maximum atomic E-state index is 12.9. The fourth-order valence-electron chi connectivity index (χ4n) is 2.69. The lowest BCUT2D eigenvalue weighted by Crippen LogP contribution is -2.07. The Labute approximate surface area is 138 Å². The van der Waals surface area contributed by atoms with Crippen LogP contribution in [-0.2, 0) is 6.18 Å². The predicted molar refractivity (Wildman–Crippen MR) is 82.8 cm³/mol. The number of halogens is 4. The Morgan fingerprint density at radius 1 is 1.25 bits per heavy atom.